The van der Waals surface area contributed by atoms with E-state index >= 15 is 0 Å². The lowest BCUT2D eigenvalue weighted by molar-refractivity contribution is -0.115. The Balaban J connectivity index is 2.29. The molecule has 0 saturated carbocycles. The molecule has 2 aromatic rings. The van der Waals surface area contributed by atoms with Crippen molar-refractivity contribution in [3.63, 3.8) is 0 Å². The minimum Gasteiger partial charge on any atom is -0.493 e. The molecular formula is C19H16IN3O4. The second-order valence-corrected chi connectivity index (χ2v) is 6.46. The topological polar surface area (TPSA) is 114 Å². The first kappa shape index (κ1) is 20.3. The van der Waals surface area contributed by atoms with E-state index in [1.54, 1.807) is 18.2 Å². The first-order valence-corrected chi connectivity index (χ1v) is 8.79. The van der Waals surface area contributed by atoms with E-state index in [9.17, 15) is 9.59 Å². The molecule has 0 saturated heterocycles. The second-order valence-electron chi connectivity index (χ2n) is 5.30. The van der Waals surface area contributed by atoms with E-state index in [1.165, 1.54) is 13.2 Å². The average Bonchev–Trinajstić information content (AvgIpc) is 2.65. The van der Waals surface area contributed by atoms with Crippen LogP contribution < -0.4 is 20.5 Å². The molecule has 2 aromatic carbocycles. The summed E-state index contributed by atoms with van der Waals surface area (Å²) in [4.78, 5) is 22.6. The number of urea groups is 1. The summed E-state index contributed by atoms with van der Waals surface area (Å²) >= 11 is 2.08. The lowest BCUT2D eigenvalue weighted by Crippen LogP contribution is -2.35. The number of nitriles is 1. The highest BCUT2D eigenvalue weighted by atomic mass is 127. The number of amides is 3. The molecule has 0 fully saturated rings. The van der Waals surface area contributed by atoms with Crippen LogP contribution >= 0.6 is 22.6 Å². The van der Waals surface area contributed by atoms with Crippen molar-refractivity contribution in [2.45, 2.75) is 6.61 Å². The van der Waals surface area contributed by atoms with Gasteiger partial charge in [-0.2, -0.15) is 5.26 Å². The van der Waals surface area contributed by atoms with Gasteiger partial charge in [-0.15, -0.1) is 0 Å². The molecule has 0 unspecified atom stereocenters. The molecule has 0 spiro atoms. The highest BCUT2D eigenvalue weighted by Gasteiger charge is 2.14. The van der Waals surface area contributed by atoms with E-state index in [-0.39, 0.29) is 5.57 Å². The fourth-order valence-electron chi connectivity index (χ4n) is 2.19. The van der Waals surface area contributed by atoms with Gasteiger partial charge < -0.3 is 15.2 Å². The summed E-state index contributed by atoms with van der Waals surface area (Å²) in [7, 11) is 1.50. The largest absolute Gasteiger partial charge is 0.493 e. The van der Waals surface area contributed by atoms with Gasteiger partial charge in [0.05, 0.1) is 10.7 Å². The molecule has 2 rings (SSSR count). The average molecular weight is 477 g/mol. The number of ether oxygens (including phenoxy) is 2. The summed E-state index contributed by atoms with van der Waals surface area (Å²) in [5, 5.41) is 11.0. The molecule has 0 aliphatic rings. The SMILES string of the molecule is COc1cc(/C=C(/C#N)C(=O)NC(N)=O)cc(I)c1OCc1ccccc1. The van der Waals surface area contributed by atoms with Crippen LogP contribution in [-0.2, 0) is 11.4 Å². The number of hydrogen-bond acceptors (Lipinski definition) is 5. The molecule has 0 aromatic heterocycles. The second kappa shape index (κ2) is 9.59. The number of carbonyl (C=O) groups is 2. The van der Waals surface area contributed by atoms with Gasteiger partial charge in [-0.1, -0.05) is 30.3 Å². The van der Waals surface area contributed by atoms with Crippen molar-refractivity contribution in [1.82, 2.24) is 5.32 Å². The highest BCUT2D eigenvalue weighted by molar-refractivity contribution is 14.1. The van der Waals surface area contributed by atoms with Crippen LogP contribution in [0.1, 0.15) is 11.1 Å². The third kappa shape index (κ3) is 5.72. The first-order valence-electron chi connectivity index (χ1n) is 7.71. The van der Waals surface area contributed by atoms with Crippen LogP contribution in [0.3, 0.4) is 0 Å². The molecule has 0 heterocycles. The van der Waals surface area contributed by atoms with Gasteiger partial charge >= 0.3 is 6.03 Å². The van der Waals surface area contributed by atoms with E-state index in [0.29, 0.717) is 23.7 Å². The zero-order valence-corrected chi connectivity index (χ0v) is 16.5. The molecule has 0 radical (unpaired) electrons. The van der Waals surface area contributed by atoms with E-state index in [0.717, 1.165) is 9.13 Å². The molecule has 27 heavy (non-hydrogen) atoms. The normalized spacial score (nSPS) is 10.6. The summed E-state index contributed by atoms with van der Waals surface area (Å²) in [5.74, 6) is 0.138. The lowest BCUT2D eigenvalue weighted by atomic mass is 10.1. The van der Waals surface area contributed by atoms with Gasteiger partial charge in [-0.05, 0) is 51.9 Å². The van der Waals surface area contributed by atoms with E-state index in [1.807, 2.05) is 35.6 Å². The van der Waals surface area contributed by atoms with E-state index in [2.05, 4.69) is 22.6 Å². The Morgan fingerprint density at radius 1 is 1.30 bits per heavy atom. The molecule has 0 aliphatic heterocycles. The maximum atomic E-state index is 11.8. The van der Waals surface area contributed by atoms with Crippen molar-refractivity contribution in [2.24, 2.45) is 5.73 Å². The van der Waals surface area contributed by atoms with Crippen LogP contribution in [0, 0.1) is 14.9 Å². The van der Waals surface area contributed by atoms with Crippen molar-refractivity contribution in [2.75, 3.05) is 7.11 Å². The van der Waals surface area contributed by atoms with Crippen LogP contribution in [0.2, 0.25) is 0 Å². The fourth-order valence-corrected chi connectivity index (χ4v) is 2.97. The maximum Gasteiger partial charge on any atom is 0.319 e. The predicted octanol–water partition coefficient (Wildman–Crippen LogP) is 2.98. The third-order valence-electron chi connectivity index (χ3n) is 3.39. The zero-order chi connectivity index (χ0) is 19.8. The molecule has 0 atom stereocenters. The number of halogens is 1. The number of nitrogens with one attached hydrogen (secondary N) is 1. The molecule has 0 bridgehead atoms. The van der Waals surface area contributed by atoms with Crippen LogP contribution in [-0.4, -0.2) is 19.0 Å². The Hall–Kier alpha value is -3.06. The number of benzene rings is 2. The van der Waals surface area contributed by atoms with Crippen LogP contribution in [0.15, 0.2) is 48.0 Å². The van der Waals surface area contributed by atoms with E-state index in [4.69, 9.17) is 20.5 Å². The number of rotatable bonds is 6. The Kier molecular flexibility index (Phi) is 7.19. The third-order valence-corrected chi connectivity index (χ3v) is 4.19. The lowest BCUT2D eigenvalue weighted by Gasteiger charge is -2.14. The highest BCUT2D eigenvalue weighted by Crippen LogP contribution is 2.35. The molecule has 7 nitrogen and oxygen atoms in total. The van der Waals surface area contributed by atoms with Gasteiger partial charge in [0.25, 0.3) is 5.91 Å². The smallest absolute Gasteiger partial charge is 0.319 e. The van der Waals surface area contributed by atoms with E-state index < -0.39 is 11.9 Å². The van der Waals surface area contributed by atoms with Crippen molar-refractivity contribution in [3.8, 4) is 17.6 Å². The van der Waals surface area contributed by atoms with Crippen LogP contribution in [0.25, 0.3) is 6.08 Å². The Bertz CT molecular complexity index is 921. The quantitative estimate of drug-likeness (QED) is 0.377. The van der Waals surface area contributed by atoms with Crippen molar-refractivity contribution < 1.29 is 19.1 Å². The van der Waals surface area contributed by atoms with Crippen molar-refractivity contribution in [3.05, 3.63) is 62.7 Å². The number of hydrogen-bond donors (Lipinski definition) is 2. The van der Waals surface area contributed by atoms with Gasteiger partial charge in [-0.3, -0.25) is 10.1 Å². The number of methoxy groups -OCH3 is 1. The predicted molar refractivity (Wildman–Crippen MR) is 108 cm³/mol. The number of primary amides is 1. The van der Waals surface area contributed by atoms with Gasteiger partial charge in [0, 0.05) is 0 Å². The monoisotopic (exact) mass is 477 g/mol. The van der Waals surface area contributed by atoms with Crippen LogP contribution in [0.4, 0.5) is 4.79 Å². The van der Waals surface area contributed by atoms with Crippen LogP contribution in [0.5, 0.6) is 11.5 Å². The Labute approximate surface area is 169 Å². The summed E-state index contributed by atoms with van der Waals surface area (Å²) in [6.07, 6.45) is 1.34. The zero-order valence-electron chi connectivity index (χ0n) is 14.4. The molecule has 0 aliphatic carbocycles. The van der Waals surface area contributed by atoms with Gasteiger partial charge in [0.15, 0.2) is 11.5 Å². The Morgan fingerprint density at radius 3 is 2.59 bits per heavy atom. The van der Waals surface area contributed by atoms with Gasteiger partial charge in [0.1, 0.15) is 18.2 Å². The van der Waals surface area contributed by atoms with Gasteiger partial charge in [-0.25, -0.2) is 4.79 Å². The summed E-state index contributed by atoms with van der Waals surface area (Å²) in [6.45, 7) is 0.368. The first-order chi connectivity index (χ1) is 12.9. The summed E-state index contributed by atoms with van der Waals surface area (Å²) < 4.78 is 12.0. The maximum absolute atomic E-state index is 11.8. The standard InChI is InChI=1S/C19H16IN3O4/c1-26-16-9-13(7-14(10-21)18(24)23-19(22)25)8-15(20)17(16)27-11-12-5-3-2-4-6-12/h2-9H,11H2,1H3,(H3,22,23,24,25)/b14-7-. The van der Waals surface area contributed by atoms with Crippen molar-refractivity contribution >= 4 is 40.6 Å². The molecule has 3 N–H and O–H groups in total. The number of imide groups is 1. The Morgan fingerprint density at radius 2 is 2.00 bits per heavy atom. The number of nitrogens with zero attached hydrogens (tertiary/aromatic N) is 1. The number of carbonyl (C=O) groups excluding carboxylic acids is 2. The summed E-state index contributed by atoms with van der Waals surface area (Å²) in [5.41, 5.74) is 6.20. The fraction of sp³-hybridized carbons (Fsp3) is 0.105. The molecule has 138 valence electrons. The molecule has 8 heteroatoms. The number of nitrogens with two attached hydrogens (primary N) is 1. The molecular weight excluding hydrogens is 461 g/mol. The molecule has 3 amide bonds. The van der Waals surface area contributed by atoms with Gasteiger partial charge in [0.2, 0.25) is 0 Å². The summed E-state index contributed by atoms with van der Waals surface area (Å²) in [6, 6.07) is 13.8. The van der Waals surface area contributed by atoms with Crippen molar-refractivity contribution in [1.29, 1.82) is 5.26 Å². The minimum atomic E-state index is -1.03. The minimum absolute atomic E-state index is 0.260.